The van der Waals surface area contributed by atoms with E-state index in [1.165, 1.54) is 0 Å². The van der Waals surface area contributed by atoms with Crippen molar-refractivity contribution in [1.29, 1.82) is 0 Å². The fraction of sp³-hybridized carbons (Fsp3) is 0.438. The quantitative estimate of drug-likeness (QED) is 0.846. The molecule has 0 spiro atoms. The zero-order chi connectivity index (χ0) is 15.5. The van der Waals surface area contributed by atoms with Gasteiger partial charge in [-0.3, -0.25) is 4.79 Å². The fourth-order valence-corrected chi connectivity index (χ4v) is 2.57. The van der Waals surface area contributed by atoms with Crippen molar-refractivity contribution in [1.82, 2.24) is 20.3 Å². The minimum absolute atomic E-state index is 0.0293. The predicted molar refractivity (Wildman–Crippen MR) is 81.8 cm³/mol. The van der Waals surface area contributed by atoms with Crippen LogP contribution in [0.15, 0.2) is 30.5 Å². The molecule has 0 bridgehead atoms. The summed E-state index contributed by atoms with van der Waals surface area (Å²) in [5, 5.41) is 20.0. The Balaban J connectivity index is 1.71. The number of aromatic nitrogens is 3. The molecule has 2 N–H and O–H groups in total. The summed E-state index contributed by atoms with van der Waals surface area (Å²) in [5.74, 6) is 0.257. The van der Waals surface area contributed by atoms with Crippen LogP contribution in [0, 0.1) is 12.8 Å². The summed E-state index contributed by atoms with van der Waals surface area (Å²) in [4.78, 5) is 12.3. The van der Waals surface area contributed by atoms with Gasteiger partial charge < -0.3 is 10.4 Å². The third kappa shape index (κ3) is 3.33. The minimum Gasteiger partial charge on any atom is -0.396 e. The Labute approximate surface area is 129 Å². The van der Waals surface area contributed by atoms with Crippen LogP contribution in [0.25, 0.3) is 5.69 Å². The monoisotopic (exact) mass is 300 g/mol. The highest BCUT2D eigenvalue weighted by atomic mass is 16.3. The molecule has 116 valence electrons. The molecule has 1 aromatic carbocycles. The van der Waals surface area contributed by atoms with Gasteiger partial charge in [-0.1, -0.05) is 17.3 Å². The van der Waals surface area contributed by atoms with Crippen LogP contribution in [-0.2, 0) is 0 Å². The van der Waals surface area contributed by atoms with E-state index < -0.39 is 0 Å². The molecule has 1 heterocycles. The first-order valence-corrected chi connectivity index (χ1v) is 7.58. The maximum atomic E-state index is 12.3. The first kappa shape index (κ1) is 14.7. The number of amides is 1. The summed E-state index contributed by atoms with van der Waals surface area (Å²) in [6.07, 6.45) is 4.44. The van der Waals surface area contributed by atoms with Crippen molar-refractivity contribution in [3.8, 4) is 5.69 Å². The van der Waals surface area contributed by atoms with E-state index in [0.29, 0.717) is 18.0 Å². The first-order valence-electron chi connectivity index (χ1n) is 7.58. The lowest BCUT2D eigenvalue weighted by Crippen LogP contribution is -2.37. The number of nitrogens with one attached hydrogen (secondary N) is 1. The van der Waals surface area contributed by atoms with Gasteiger partial charge in [0.2, 0.25) is 0 Å². The SMILES string of the molecule is Cc1cccc(-n2cc(C(=O)NC(CCO)C3CC3)nn2)c1. The molecule has 1 aliphatic carbocycles. The Kier molecular flexibility index (Phi) is 4.20. The van der Waals surface area contributed by atoms with Crippen LogP contribution in [-0.4, -0.2) is 38.7 Å². The van der Waals surface area contributed by atoms with E-state index in [4.69, 9.17) is 5.11 Å². The molecule has 6 heteroatoms. The van der Waals surface area contributed by atoms with E-state index in [-0.39, 0.29) is 18.6 Å². The molecule has 1 fully saturated rings. The van der Waals surface area contributed by atoms with Gasteiger partial charge in [-0.05, 0) is 49.8 Å². The third-order valence-corrected chi connectivity index (χ3v) is 3.94. The van der Waals surface area contributed by atoms with Crippen molar-refractivity contribution in [2.45, 2.75) is 32.2 Å². The second-order valence-corrected chi connectivity index (χ2v) is 5.82. The molecule has 2 aromatic rings. The number of aliphatic hydroxyl groups is 1. The molecule has 3 rings (SSSR count). The largest absolute Gasteiger partial charge is 0.396 e. The van der Waals surface area contributed by atoms with E-state index in [1.807, 2.05) is 31.2 Å². The Morgan fingerprint density at radius 2 is 2.32 bits per heavy atom. The summed E-state index contributed by atoms with van der Waals surface area (Å²) in [6, 6.07) is 7.87. The number of aryl methyl sites for hydroxylation is 1. The zero-order valence-corrected chi connectivity index (χ0v) is 12.6. The molecule has 0 saturated heterocycles. The van der Waals surface area contributed by atoms with E-state index in [0.717, 1.165) is 24.1 Å². The Morgan fingerprint density at radius 3 is 3.00 bits per heavy atom. The van der Waals surface area contributed by atoms with Crippen LogP contribution in [0.2, 0.25) is 0 Å². The van der Waals surface area contributed by atoms with Crippen molar-refractivity contribution < 1.29 is 9.90 Å². The van der Waals surface area contributed by atoms with E-state index in [1.54, 1.807) is 10.9 Å². The highest BCUT2D eigenvalue weighted by Gasteiger charge is 2.32. The van der Waals surface area contributed by atoms with Crippen molar-refractivity contribution >= 4 is 5.91 Å². The van der Waals surface area contributed by atoms with Crippen LogP contribution < -0.4 is 5.32 Å². The zero-order valence-electron chi connectivity index (χ0n) is 12.6. The summed E-state index contributed by atoms with van der Waals surface area (Å²) in [7, 11) is 0. The lowest BCUT2D eigenvalue weighted by atomic mass is 10.1. The minimum atomic E-state index is -0.232. The second kappa shape index (κ2) is 6.27. The lowest BCUT2D eigenvalue weighted by Gasteiger charge is -2.15. The van der Waals surface area contributed by atoms with Crippen molar-refractivity contribution in [3.63, 3.8) is 0 Å². The Morgan fingerprint density at radius 1 is 1.50 bits per heavy atom. The maximum absolute atomic E-state index is 12.3. The average Bonchev–Trinajstić information content (AvgIpc) is 3.23. The average molecular weight is 300 g/mol. The smallest absolute Gasteiger partial charge is 0.273 e. The molecule has 1 atom stereocenters. The second-order valence-electron chi connectivity index (χ2n) is 5.82. The number of carbonyl (C=O) groups is 1. The van der Waals surface area contributed by atoms with E-state index in [2.05, 4.69) is 15.6 Å². The Bertz CT molecular complexity index is 664. The van der Waals surface area contributed by atoms with Crippen LogP contribution in [0.5, 0.6) is 0 Å². The predicted octanol–water partition coefficient (Wildman–Crippen LogP) is 1.47. The van der Waals surface area contributed by atoms with E-state index >= 15 is 0 Å². The molecule has 6 nitrogen and oxygen atoms in total. The topological polar surface area (TPSA) is 80.0 Å². The lowest BCUT2D eigenvalue weighted by molar-refractivity contribution is 0.0919. The van der Waals surface area contributed by atoms with Gasteiger partial charge in [-0.2, -0.15) is 0 Å². The summed E-state index contributed by atoms with van der Waals surface area (Å²) >= 11 is 0. The van der Waals surface area contributed by atoms with Gasteiger partial charge in [0.25, 0.3) is 5.91 Å². The van der Waals surface area contributed by atoms with Gasteiger partial charge in [0, 0.05) is 12.6 Å². The normalized spacial score (nSPS) is 15.5. The first-order chi connectivity index (χ1) is 10.7. The highest BCUT2D eigenvalue weighted by Crippen LogP contribution is 2.34. The third-order valence-electron chi connectivity index (χ3n) is 3.94. The highest BCUT2D eigenvalue weighted by molar-refractivity contribution is 5.92. The van der Waals surface area contributed by atoms with Crippen LogP contribution in [0.3, 0.4) is 0 Å². The van der Waals surface area contributed by atoms with Crippen molar-refractivity contribution in [2.75, 3.05) is 6.61 Å². The van der Waals surface area contributed by atoms with Crippen molar-refractivity contribution in [2.24, 2.45) is 5.92 Å². The number of benzene rings is 1. The number of aliphatic hydroxyl groups excluding tert-OH is 1. The number of hydrogen-bond donors (Lipinski definition) is 2. The fourth-order valence-electron chi connectivity index (χ4n) is 2.57. The number of hydrogen-bond acceptors (Lipinski definition) is 4. The number of nitrogens with zero attached hydrogens (tertiary/aromatic N) is 3. The van der Waals surface area contributed by atoms with E-state index in [9.17, 15) is 4.79 Å². The van der Waals surface area contributed by atoms with Gasteiger partial charge >= 0.3 is 0 Å². The van der Waals surface area contributed by atoms with Gasteiger partial charge in [0.15, 0.2) is 5.69 Å². The van der Waals surface area contributed by atoms with Gasteiger partial charge in [-0.15, -0.1) is 5.10 Å². The Hall–Kier alpha value is -2.21. The molecule has 1 saturated carbocycles. The summed E-state index contributed by atoms with van der Waals surface area (Å²) in [5.41, 5.74) is 2.29. The van der Waals surface area contributed by atoms with Crippen LogP contribution in [0.4, 0.5) is 0 Å². The van der Waals surface area contributed by atoms with Gasteiger partial charge in [0.05, 0.1) is 11.9 Å². The molecule has 0 radical (unpaired) electrons. The van der Waals surface area contributed by atoms with Crippen LogP contribution in [0.1, 0.15) is 35.3 Å². The molecule has 1 unspecified atom stereocenters. The summed E-state index contributed by atoms with van der Waals surface area (Å²) in [6.45, 7) is 2.08. The summed E-state index contributed by atoms with van der Waals surface area (Å²) < 4.78 is 1.60. The standard InChI is InChI=1S/C16H20N4O2/c1-11-3-2-4-13(9-11)20-10-15(18-19-20)16(22)17-14(7-8-21)12-5-6-12/h2-4,9-10,12,14,21H,5-8H2,1H3,(H,17,22). The number of rotatable bonds is 6. The molecule has 22 heavy (non-hydrogen) atoms. The molecule has 1 aliphatic rings. The van der Waals surface area contributed by atoms with Gasteiger partial charge in [0.1, 0.15) is 0 Å². The molecule has 0 aliphatic heterocycles. The van der Waals surface area contributed by atoms with Gasteiger partial charge in [-0.25, -0.2) is 4.68 Å². The molecule has 1 aromatic heterocycles. The maximum Gasteiger partial charge on any atom is 0.273 e. The molecule has 1 amide bonds. The molecular formula is C16H20N4O2. The van der Waals surface area contributed by atoms with Crippen LogP contribution >= 0.6 is 0 Å². The molecular weight excluding hydrogens is 280 g/mol. The number of carbonyl (C=O) groups excluding carboxylic acids is 1. The van der Waals surface area contributed by atoms with Crippen molar-refractivity contribution in [3.05, 3.63) is 41.7 Å².